The number of piperazine rings is 1. The molecule has 0 aliphatic carbocycles. The summed E-state index contributed by atoms with van der Waals surface area (Å²) in [5.74, 6) is 1.08. The molecule has 4 heteroatoms. The van der Waals surface area contributed by atoms with E-state index in [4.69, 9.17) is 0 Å². The Balaban J connectivity index is 1.64. The van der Waals surface area contributed by atoms with E-state index in [1.165, 1.54) is 0 Å². The molecule has 0 bridgehead atoms. The maximum Gasteiger partial charge on any atom is 0.222 e. The molecule has 1 amide bonds. The van der Waals surface area contributed by atoms with Crippen LogP contribution in [0, 0.1) is 11.3 Å². The minimum atomic E-state index is 0.279. The van der Waals surface area contributed by atoms with Crippen LogP contribution < -0.4 is 0 Å². The summed E-state index contributed by atoms with van der Waals surface area (Å²) in [4.78, 5) is 19.7. The van der Waals surface area contributed by atoms with Crippen LogP contribution in [0.15, 0.2) is 0 Å². The highest BCUT2D eigenvalue weighted by Crippen LogP contribution is 2.38. The molecule has 0 N–H and O–H groups in total. The molecule has 2 fully saturated rings. The fourth-order valence-electron chi connectivity index (χ4n) is 4.10. The van der Waals surface area contributed by atoms with Crippen molar-refractivity contribution in [1.29, 1.82) is 0 Å². The Labute approximate surface area is 155 Å². The summed E-state index contributed by atoms with van der Waals surface area (Å²) in [5, 5.41) is 0. The van der Waals surface area contributed by atoms with Gasteiger partial charge in [0.1, 0.15) is 0 Å². The smallest absolute Gasteiger partial charge is 0.222 e. The standard InChI is InChI=1S/C21H41N3O/c1-18(2)21(6)9-12-23(13-10-21)19(25)8-7-11-22-14-16-24(17-15-22)20(3,4)5/h18H,7-17H2,1-6H3. The Hall–Kier alpha value is -0.610. The molecular weight excluding hydrogens is 310 g/mol. The number of rotatable bonds is 5. The molecule has 0 radical (unpaired) electrons. The van der Waals surface area contributed by atoms with Crippen molar-refractivity contribution < 1.29 is 4.79 Å². The van der Waals surface area contributed by atoms with Gasteiger partial charge >= 0.3 is 0 Å². The maximum atomic E-state index is 12.5. The van der Waals surface area contributed by atoms with Crippen molar-refractivity contribution in [2.24, 2.45) is 11.3 Å². The molecule has 2 aliphatic rings. The third-order valence-electron chi connectivity index (χ3n) is 6.84. The van der Waals surface area contributed by atoms with Gasteiger partial charge in [0, 0.05) is 51.2 Å². The highest BCUT2D eigenvalue weighted by molar-refractivity contribution is 5.76. The van der Waals surface area contributed by atoms with Crippen molar-refractivity contribution in [3.63, 3.8) is 0 Å². The van der Waals surface area contributed by atoms with E-state index in [1.54, 1.807) is 0 Å². The average Bonchev–Trinajstić information content (AvgIpc) is 2.55. The lowest BCUT2D eigenvalue weighted by molar-refractivity contribution is -0.134. The third-order valence-corrected chi connectivity index (χ3v) is 6.84. The number of carbonyl (C=O) groups excluding carboxylic acids is 1. The van der Waals surface area contributed by atoms with Gasteiger partial charge in [-0.05, 0) is 57.9 Å². The van der Waals surface area contributed by atoms with Crippen LogP contribution in [-0.2, 0) is 4.79 Å². The molecule has 146 valence electrons. The molecular formula is C21H41N3O. The van der Waals surface area contributed by atoms with Crippen LogP contribution in [-0.4, -0.2) is 72.0 Å². The largest absolute Gasteiger partial charge is 0.343 e. The van der Waals surface area contributed by atoms with Gasteiger partial charge in [0.25, 0.3) is 0 Å². The van der Waals surface area contributed by atoms with Crippen LogP contribution in [0.5, 0.6) is 0 Å². The van der Waals surface area contributed by atoms with Crippen molar-refractivity contribution in [2.75, 3.05) is 45.8 Å². The second kappa shape index (κ2) is 8.39. The van der Waals surface area contributed by atoms with Gasteiger partial charge in [0.05, 0.1) is 0 Å². The van der Waals surface area contributed by atoms with Gasteiger partial charge in [0.2, 0.25) is 5.91 Å². The van der Waals surface area contributed by atoms with E-state index in [-0.39, 0.29) is 5.54 Å². The highest BCUT2D eigenvalue weighted by Gasteiger charge is 2.34. The Kier molecular flexibility index (Phi) is 6.94. The molecule has 0 atom stereocenters. The number of carbonyl (C=O) groups is 1. The molecule has 4 nitrogen and oxygen atoms in total. The Morgan fingerprint density at radius 3 is 2.04 bits per heavy atom. The molecule has 0 spiro atoms. The zero-order chi connectivity index (χ0) is 18.7. The van der Waals surface area contributed by atoms with E-state index in [2.05, 4.69) is 56.2 Å². The first-order chi connectivity index (χ1) is 11.6. The Morgan fingerprint density at radius 2 is 1.56 bits per heavy atom. The summed E-state index contributed by atoms with van der Waals surface area (Å²) >= 11 is 0. The van der Waals surface area contributed by atoms with E-state index >= 15 is 0 Å². The summed E-state index contributed by atoms with van der Waals surface area (Å²) < 4.78 is 0. The van der Waals surface area contributed by atoms with Crippen molar-refractivity contribution in [3.05, 3.63) is 0 Å². The van der Waals surface area contributed by atoms with Crippen LogP contribution in [0.2, 0.25) is 0 Å². The number of hydrogen-bond donors (Lipinski definition) is 0. The molecule has 0 aromatic heterocycles. The van der Waals surface area contributed by atoms with Gasteiger partial charge in [0.15, 0.2) is 0 Å². The highest BCUT2D eigenvalue weighted by atomic mass is 16.2. The maximum absolute atomic E-state index is 12.5. The molecule has 25 heavy (non-hydrogen) atoms. The predicted molar refractivity (Wildman–Crippen MR) is 106 cm³/mol. The topological polar surface area (TPSA) is 26.8 Å². The lowest BCUT2D eigenvalue weighted by Gasteiger charge is -2.43. The van der Waals surface area contributed by atoms with Crippen molar-refractivity contribution in [3.8, 4) is 0 Å². The fraction of sp³-hybridized carbons (Fsp3) is 0.952. The zero-order valence-corrected chi connectivity index (χ0v) is 17.6. The van der Waals surface area contributed by atoms with Crippen LogP contribution in [0.25, 0.3) is 0 Å². The van der Waals surface area contributed by atoms with Gasteiger partial charge < -0.3 is 9.80 Å². The van der Waals surface area contributed by atoms with Crippen LogP contribution in [0.3, 0.4) is 0 Å². The Bertz CT molecular complexity index is 425. The van der Waals surface area contributed by atoms with Gasteiger partial charge in [-0.2, -0.15) is 0 Å². The van der Waals surface area contributed by atoms with E-state index in [9.17, 15) is 4.79 Å². The van der Waals surface area contributed by atoms with E-state index < -0.39 is 0 Å². The Morgan fingerprint density at radius 1 is 1.00 bits per heavy atom. The van der Waals surface area contributed by atoms with E-state index in [0.29, 0.717) is 17.2 Å². The number of likely N-dealkylation sites (tertiary alicyclic amines) is 1. The number of nitrogens with zero attached hydrogens (tertiary/aromatic N) is 3. The van der Waals surface area contributed by atoms with Crippen molar-refractivity contribution >= 4 is 5.91 Å². The average molecular weight is 352 g/mol. The van der Waals surface area contributed by atoms with Crippen LogP contribution >= 0.6 is 0 Å². The number of piperidine rings is 1. The molecule has 2 saturated heterocycles. The summed E-state index contributed by atoms with van der Waals surface area (Å²) in [6, 6.07) is 0. The normalized spacial score (nSPS) is 23.2. The third kappa shape index (κ3) is 5.68. The summed E-state index contributed by atoms with van der Waals surface area (Å²) in [7, 11) is 0. The number of hydrogen-bond acceptors (Lipinski definition) is 3. The van der Waals surface area contributed by atoms with Crippen molar-refractivity contribution in [1.82, 2.24) is 14.7 Å². The van der Waals surface area contributed by atoms with Crippen LogP contribution in [0.1, 0.15) is 67.2 Å². The van der Waals surface area contributed by atoms with Crippen LogP contribution in [0.4, 0.5) is 0 Å². The predicted octanol–water partition coefficient (Wildman–Crippen LogP) is 3.47. The summed E-state index contributed by atoms with van der Waals surface area (Å²) in [6.45, 7) is 21.5. The lowest BCUT2D eigenvalue weighted by Crippen LogP contribution is -2.53. The molecule has 0 unspecified atom stereocenters. The summed E-state index contributed by atoms with van der Waals surface area (Å²) in [6.07, 6.45) is 4.04. The minimum absolute atomic E-state index is 0.279. The fourth-order valence-corrected chi connectivity index (χ4v) is 4.10. The molecule has 2 aliphatic heterocycles. The first-order valence-corrected chi connectivity index (χ1v) is 10.4. The van der Waals surface area contributed by atoms with Gasteiger partial charge in [-0.15, -0.1) is 0 Å². The molecule has 2 heterocycles. The van der Waals surface area contributed by atoms with Gasteiger partial charge in [-0.25, -0.2) is 0 Å². The zero-order valence-electron chi connectivity index (χ0n) is 17.6. The second-order valence-corrected chi connectivity index (χ2v) is 9.79. The number of amides is 1. The summed E-state index contributed by atoms with van der Waals surface area (Å²) in [5.41, 5.74) is 0.699. The van der Waals surface area contributed by atoms with Gasteiger partial charge in [-0.1, -0.05) is 20.8 Å². The monoisotopic (exact) mass is 351 g/mol. The lowest BCUT2D eigenvalue weighted by atomic mass is 9.72. The first kappa shape index (κ1) is 20.7. The van der Waals surface area contributed by atoms with E-state index in [1.807, 2.05) is 0 Å². The van der Waals surface area contributed by atoms with Gasteiger partial charge in [-0.3, -0.25) is 9.69 Å². The van der Waals surface area contributed by atoms with E-state index in [0.717, 1.165) is 71.5 Å². The minimum Gasteiger partial charge on any atom is -0.343 e. The molecule has 2 rings (SSSR count). The first-order valence-electron chi connectivity index (χ1n) is 10.4. The molecule has 0 saturated carbocycles. The quantitative estimate of drug-likeness (QED) is 0.759. The molecule has 0 aromatic carbocycles. The van der Waals surface area contributed by atoms with Crippen molar-refractivity contribution in [2.45, 2.75) is 72.8 Å². The second-order valence-electron chi connectivity index (χ2n) is 9.79. The molecule has 0 aromatic rings. The SMILES string of the molecule is CC(C)C1(C)CCN(C(=O)CCCN2CCN(C(C)(C)C)CC2)CC1.